The third-order valence-corrected chi connectivity index (χ3v) is 9.52. The number of unbranched alkanes of at least 4 members (excludes halogenated alkanes) is 1. The number of aryl methyl sites for hydroxylation is 2. The second-order valence-corrected chi connectivity index (χ2v) is 13.7. The van der Waals surface area contributed by atoms with E-state index in [4.69, 9.17) is 4.74 Å². The molecular weight excluding hydrogens is 639 g/mol. The smallest absolute Gasteiger partial charge is 0.277 e. The van der Waals surface area contributed by atoms with E-state index in [2.05, 4.69) is 91.3 Å². The van der Waals surface area contributed by atoms with Gasteiger partial charge in [-0.2, -0.15) is 11.8 Å². The van der Waals surface area contributed by atoms with Crippen LogP contribution in [0.5, 0.6) is 0 Å². The standard InChI is InChI=1S/C25H29N3O2S.C13H20N2.C4H10/c1-2-15-28-24(20-10-12-21(13-11-20)30-22-17-31-18-22)27-16-23(25(28)29)26-14-6-9-19-7-4-3-5-8-19;1-4-5-12-6-7-15-10-13(12)8-11(2)9-14-3;1-3-4-2/h2-5,7-8,10,12,16,22,26H,1,6,9,11,13-15,17-18H2;6-8,10,14H,4-5,9H2,1-3H3;3-4H2,1-2H3/b;11-8+;. The number of rotatable bonds is 16. The van der Waals surface area contributed by atoms with E-state index < -0.39 is 0 Å². The number of benzene rings is 1. The van der Waals surface area contributed by atoms with E-state index in [1.54, 1.807) is 16.8 Å². The van der Waals surface area contributed by atoms with Gasteiger partial charge in [-0.3, -0.25) is 14.3 Å². The van der Waals surface area contributed by atoms with E-state index in [1.165, 1.54) is 41.5 Å². The Morgan fingerprint density at radius 1 is 1.04 bits per heavy atom. The number of hydrogen-bond donors (Lipinski definition) is 2. The Morgan fingerprint density at radius 2 is 1.82 bits per heavy atom. The van der Waals surface area contributed by atoms with Crippen molar-refractivity contribution in [2.45, 2.75) is 91.7 Å². The number of hydrogen-bond acceptors (Lipinski definition) is 7. The number of ether oxygens (including phenoxy) is 1. The molecule has 2 aromatic heterocycles. The van der Waals surface area contributed by atoms with Gasteiger partial charge in [-0.05, 0) is 74.1 Å². The number of pyridine rings is 1. The van der Waals surface area contributed by atoms with Crippen LogP contribution in [0.25, 0.3) is 11.6 Å². The van der Waals surface area contributed by atoms with Gasteiger partial charge in [-0.15, -0.1) is 6.58 Å². The van der Waals surface area contributed by atoms with Crippen LogP contribution in [0.1, 0.15) is 88.7 Å². The molecule has 0 radical (unpaired) electrons. The predicted octanol–water partition coefficient (Wildman–Crippen LogP) is 9.13. The quantitative estimate of drug-likeness (QED) is 0.114. The lowest BCUT2D eigenvalue weighted by atomic mass is 10.0. The first-order chi connectivity index (χ1) is 24.4. The predicted molar refractivity (Wildman–Crippen MR) is 216 cm³/mol. The van der Waals surface area contributed by atoms with Gasteiger partial charge in [0.15, 0.2) is 0 Å². The first-order valence-electron chi connectivity index (χ1n) is 18.3. The van der Waals surface area contributed by atoms with Crippen LogP contribution < -0.4 is 16.2 Å². The lowest BCUT2D eigenvalue weighted by Crippen LogP contribution is -2.28. The number of anilines is 1. The molecule has 0 atom stereocenters. The minimum absolute atomic E-state index is 0.0527. The maximum atomic E-state index is 13.1. The fourth-order valence-electron chi connectivity index (χ4n) is 5.39. The second-order valence-electron chi connectivity index (χ2n) is 12.7. The molecule has 7 nitrogen and oxygen atoms in total. The zero-order valence-electron chi connectivity index (χ0n) is 31.0. The molecule has 0 bridgehead atoms. The summed E-state index contributed by atoms with van der Waals surface area (Å²) in [4.78, 5) is 21.9. The molecule has 0 saturated carbocycles. The summed E-state index contributed by atoms with van der Waals surface area (Å²) in [5.41, 5.74) is 6.83. The Hall–Kier alpha value is -3.88. The van der Waals surface area contributed by atoms with E-state index in [9.17, 15) is 4.79 Å². The molecule has 2 N–H and O–H groups in total. The third-order valence-electron chi connectivity index (χ3n) is 8.31. The monoisotopic (exact) mass is 697 g/mol. The van der Waals surface area contributed by atoms with Gasteiger partial charge >= 0.3 is 0 Å². The van der Waals surface area contributed by atoms with Crippen molar-refractivity contribution in [2.24, 2.45) is 0 Å². The molecule has 3 aromatic rings. The fraction of sp³-hybridized carbons (Fsp3) is 0.452. The highest BCUT2D eigenvalue weighted by atomic mass is 32.2. The summed E-state index contributed by atoms with van der Waals surface area (Å²) < 4.78 is 7.71. The van der Waals surface area contributed by atoms with Gasteiger partial charge in [0, 0.05) is 50.0 Å². The first kappa shape index (κ1) is 40.5. The molecule has 1 fully saturated rings. The Labute approximate surface area is 305 Å². The van der Waals surface area contributed by atoms with Crippen molar-refractivity contribution in [3.8, 4) is 0 Å². The van der Waals surface area contributed by atoms with E-state index >= 15 is 0 Å². The van der Waals surface area contributed by atoms with Gasteiger partial charge in [0.2, 0.25) is 0 Å². The average molecular weight is 698 g/mol. The Balaban J connectivity index is 0.000000297. The van der Waals surface area contributed by atoms with Gasteiger partial charge < -0.3 is 15.4 Å². The normalized spacial score (nSPS) is 14.1. The topological polar surface area (TPSA) is 81.1 Å². The Bertz CT molecular complexity index is 1590. The summed E-state index contributed by atoms with van der Waals surface area (Å²) >= 11 is 1.92. The molecule has 8 heteroatoms. The molecule has 0 spiro atoms. The van der Waals surface area contributed by atoms with Crippen molar-refractivity contribution < 1.29 is 4.74 Å². The molecule has 3 heterocycles. The fourth-order valence-corrected chi connectivity index (χ4v) is 5.95. The highest BCUT2D eigenvalue weighted by molar-refractivity contribution is 8.00. The zero-order chi connectivity index (χ0) is 36.0. The van der Waals surface area contributed by atoms with Gasteiger partial charge in [0.25, 0.3) is 5.56 Å². The Morgan fingerprint density at radius 3 is 2.44 bits per heavy atom. The molecule has 5 rings (SSSR count). The van der Waals surface area contributed by atoms with Crippen molar-refractivity contribution in [1.82, 2.24) is 19.9 Å². The number of likely N-dealkylation sites (N-methyl/N-ethyl adjacent to an activating group) is 1. The Kier molecular flexibility index (Phi) is 19.1. The van der Waals surface area contributed by atoms with Crippen molar-refractivity contribution in [3.05, 3.63) is 124 Å². The lowest BCUT2D eigenvalue weighted by Gasteiger charge is -2.28. The van der Waals surface area contributed by atoms with Crippen molar-refractivity contribution in [2.75, 3.05) is 37.0 Å². The van der Waals surface area contributed by atoms with Crippen molar-refractivity contribution >= 4 is 29.1 Å². The van der Waals surface area contributed by atoms with Crippen LogP contribution in [0.4, 0.5) is 5.69 Å². The van der Waals surface area contributed by atoms with Crippen LogP contribution in [0.2, 0.25) is 0 Å². The van der Waals surface area contributed by atoms with Crippen molar-refractivity contribution in [1.29, 1.82) is 0 Å². The van der Waals surface area contributed by atoms with E-state index in [0.717, 1.165) is 68.0 Å². The molecule has 1 saturated heterocycles. The highest BCUT2D eigenvalue weighted by Crippen LogP contribution is 2.30. The summed E-state index contributed by atoms with van der Waals surface area (Å²) in [6, 6.07) is 12.5. The van der Waals surface area contributed by atoms with Gasteiger partial charge in [0.1, 0.15) is 17.6 Å². The molecule has 1 aromatic carbocycles. The third kappa shape index (κ3) is 13.8. The zero-order valence-corrected chi connectivity index (χ0v) is 31.9. The van der Waals surface area contributed by atoms with Crippen LogP contribution in [-0.4, -0.2) is 52.3 Å². The average Bonchev–Trinajstić information content (AvgIpc) is 3.12. The van der Waals surface area contributed by atoms with Crippen LogP contribution in [0.15, 0.2) is 95.9 Å². The molecular formula is C42H59N5O2S. The van der Waals surface area contributed by atoms with Crippen molar-refractivity contribution in [3.63, 3.8) is 0 Å². The highest BCUT2D eigenvalue weighted by Gasteiger charge is 2.22. The van der Waals surface area contributed by atoms with Crippen LogP contribution in [0, 0.1) is 0 Å². The van der Waals surface area contributed by atoms with Gasteiger partial charge in [0.05, 0.1) is 12.0 Å². The van der Waals surface area contributed by atoms with Crippen LogP contribution in [-0.2, 0) is 24.1 Å². The summed E-state index contributed by atoms with van der Waals surface area (Å²) in [6.07, 6.45) is 22.4. The van der Waals surface area contributed by atoms with Gasteiger partial charge in [-0.1, -0.05) is 94.2 Å². The number of thioether (sulfide) groups is 1. The van der Waals surface area contributed by atoms with Gasteiger partial charge in [-0.25, -0.2) is 4.98 Å². The SMILES string of the molecule is C=CCn1c(C2=CC=C(OC3CSC3)CC2)ncc(NCCCc2ccccc2)c1=O.CCCC.CCCc1ccncc1/C=C(\C)CNC. The summed E-state index contributed by atoms with van der Waals surface area (Å²) in [6.45, 7) is 14.6. The number of allylic oxidation sites excluding steroid dienone is 5. The largest absolute Gasteiger partial charge is 0.493 e. The minimum atomic E-state index is -0.0527. The second kappa shape index (κ2) is 23.5. The summed E-state index contributed by atoms with van der Waals surface area (Å²) in [5, 5.41) is 6.42. The van der Waals surface area contributed by atoms with E-state index in [0.29, 0.717) is 24.2 Å². The number of aromatic nitrogens is 3. The molecule has 0 unspecified atom stereocenters. The molecule has 1 aliphatic carbocycles. The molecule has 50 heavy (non-hydrogen) atoms. The van der Waals surface area contributed by atoms with E-state index in [1.807, 2.05) is 49.4 Å². The number of nitrogens with zero attached hydrogens (tertiary/aromatic N) is 3. The molecule has 2 aliphatic rings. The van der Waals surface area contributed by atoms with Crippen LogP contribution >= 0.6 is 11.8 Å². The number of nitrogens with one attached hydrogen (secondary N) is 2. The molecule has 0 amide bonds. The first-order valence-corrected chi connectivity index (χ1v) is 19.5. The molecule has 270 valence electrons. The lowest BCUT2D eigenvalue weighted by molar-refractivity contribution is 0.138. The summed E-state index contributed by atoms with van der Waals surface area (Å²) in [5.74, 6) is 3.90. The summed E-state index contributed by atoms with van der Waals surface area (Å²) in [7, 11) is 1.97. The van der Waals surface area contributed by atoms with Crippen LogP contribution in [0.3, 0.4) is 0 Å². The molecule has 1 aliphatic heterocycles. The maximum Gasteiger partial charge on any atom is 0.277 e. The maximum absolute atomic E-state index is 13.1. The minimum Gasteiger partial charge on any atom is -0.493 e. The van der Waals surface area contributed by atoms with E-state index in [-0.39, 0.29) is 5.56 Å².